The number of methoxy groups -OCH3 is 1. The van der Waals surface area contributed by atoms with Crippen LogP contribution in [-0.4, -0.2) is 47.9 Å². The highest BCUT2D eigenvalue weighted by molar-refractivity contribution is 7.17. The quantitative estimate of drug-likeness (QED) is 0.618. The number of thiazole rings is 1. The topological polar surface area (TPSA) is 88.6 Å². The van der Waals surface area contributed by atoms with Crippen molar-refractivity contribution in [3.05, 3.63) is 11.1 Å². The third-order valence-electron chi connectivity index (χ3n) is 2.57. The van der Waals surface area contributed by atoms with E-state index in [4.69, 9.17) is 0 Å². The van der Waals surface area contributed by atoms with Crippen molar-refractivity contribution in [3.63, 3.8) is 0 Å². The lowest BCUT2D eigenvalue weighted by Crippen LogP contribution is -2.31. The standard InChI is InChI=1S/C10H11N3O4S/c1-13-7(14)3-5(8(13)15)12-10-11-4-6(18-10)9(16)17-2/h4-5H,3H2,1-2H3,(H,11,12). The number of nitrogens with zero attached hydrogens (tertiary/aromatic N) is 2. The van der Waals surface area contributed by atoms with Gasteiger partial charge in [0.15, 0.2) is 5.13 Å². The summed E-state index contributed by atoms with van der Waals surface area (Å²) in [5.41, 5.74) is 0. The Balaban J connectivity index is 2.07. The normalized spacial score (nSPS) is 19.2. The van der Waals surface area contributed by atoms with E-state index in [1.807, 2.05) is 0 Å². The number of imide groups is 1. The molecule has 1 unspecified atom stereocenters. The third-order valence-corrected chi connectivity index (χ3v) is 3.48. The van der Waals surface area contributed by atoms with E-state index in [0.29, 0.717) is 10.0 Å². The van der Waals surface area contributed by atoms with Gasteiger partial charge in [0, 0.05) is 7.05 Å². The van der Waals surface area contributed by atoms with Gasteiger partial charge in [0.1, 0.15) is 10.9 Å². The average molecular weight is 269 g/mol. The number of amides is 2. The molecule has 1 atom stereocenters. The van der Waals surface area contributed by atoms with E-state index in [2.05, 4.69) is 15.0 Å². The van der Waals surface area contributed by atoms with Gasteiger partial charge in [0.25, 0.3) is 5.91 Å². The zero-order valence-corrected chi connectivity index (χ0v) is 10.6. The van der Waals surface area contributed by atoms with Crippen molar-refractivity contribution >= 4 is 34.3 Å². The minimum atomic E-state index is -0.612. The first-order chi connectivity index (χ1) is 8.52. The van der Waals surface area contributed by atoms with Crippen LogP contribution in [0.3, 0.4) is 0 Å². The molecule has 2 heterocycles. The fourth-order valence-electron chi connectivity index (χ4n) is 1.55. The van der Waals surface area contributed by atoms with Crippen LogP contribution in [0.25, 0.3) is 0 Å². The molecule has 1 aliphatic heterocycles. The van der Waals surface area contributed by atoms with Crippen molar-refractivity contribution in [1.82, 2.24) is 9.88 Å². The molecule has 0 aromatic carbocycles. The summed E-state index contributed by atoms with van der Waals surface area (Å²) in [5, 5.41) is 3.25. The Bertz CT molecular complexity index is 513. The second-order valence-corrected chi connectivity index (χ2v) is 4.74. The maximum atomic E-state index is 11.6. The van der Waals surface area contributed by atoms with Gasteiger partial charge < -0.3 is 10.1 Å². The van der Waals surface area contributed by atoms with Crippen LogP contribution >= 0.6 is 11.3 Å². The van der Waals surface area contributed by atoms with Crippen LogP contribution in [0.5, 0.6) is 0 Å². The van der Waals surface area contributed by atoms with E-state index in [-0.39, 0.29) is 18.2 Å². The molecule has 1 N–H and O–H groups in total. The Morgan fingerprint density at radius 2 is 2.33 bits per heavy atom. The molecule has 0 bridgehead atoms. The molecule has 1 fully saturated rings. The second-order valence-electron chi connectivity index (χ2n) is 3.71. The number of nitrogens with one attached hydrogen (secondary N) is 1. The number of rotatable bonds is 3. The molecule has 1 aromatic heterocycles. The number of likely N-dealkylation sites (N-methyl/N-ethyl adjacent to an activating group) is 1. The number of carbonyl (C=O) groups excluding carboxylic acids is 3. The summed E-state index contributed by atoms with van der Waals surface area (Å²) >= 11 is 1.08. The van der Waals surface area contributed by atoms with Crippen molar-refractivity contribution in [3.8, 4) is 0 Å². The van der Waals surface area contributed by atoms with E-state index in [0.717, 1.165) is 16.2 Å². The molecule has 1 aliphatic rings. The van der Waals surface area contributed by atoms with Crippen LogP contribution in [0.2, 0.25) is 0 Å². The summed E-state index contributed by atoms with van der Waals surface area (Å²) in [4.78, 5) is 39.6. The highest BCUT2D eigenvalue weighted by Crippen LogP contribution is 2.22. The third kappa shape index (κ3) is 2.19. The van der Waals surface area contributed by atoms with Crippen LogP contribution in [0.15, 0.2) is 6.20 Å². The van der Waals surface area contributed by atoms with Gasteiger partial charge in [-0.05, 0) is 0 Å². The molecule has 2 amide bonds. The molecule has 8 heteroatoms. The van der Waals surface area contributed by atoms with Gasteiger partial charge in [-0.25, -0.2) is 9.78 Å². The van der Waals surface area contributed by atoms with E-state index < -0.39 is 12.0 Å². The number of esters is 1. The maximum absolute atomic E-state index is 11.6. The largest absolute Gasteiger partial charge is 0.465 e. The predicted molar refractivity (Wildman–Crippen MR) is 63.3 cm³/mol. The number of anilines is 1. The highest BCUT2D eigenvalue weighted by atomic mass is 32.1. The summed E-state index contributed by atoms with van der Waals surface area (Å²) in [7, 11) is 2.72. The number of ether oxygens (including phenoxy) is 1. The van der Waals surface area contributed by atoms with Crippen molar-refractivity contribution < 1.29 is 19.1 Å². The minimum Gasteiger partial charge on any atom is -0.465 e. The Labute approximate surface area is 107 Å². The number of hydrogen-bond acceptors (Lipinski definition) is 7. The van der Waals surface area contributed by atoms with Crippen molar-refractivity contribution in [2.24, 2.45) is 0 Å². The second kappa shape index (κ2) is 4.73. The molecule has 7 nitrogen and oxygen atoms in total. The monoisotopic (exact) mass is 269 g/mol. The smallest absolute Gasteiger partial charge is 0.349 e. The molecule has 2 rings (SSSR count). The van der Waals surface area contributed by atoms with E-state index in [1.165, 1.54) is 20.4 Å². The molecule has 0 radical (unpaired) electrons. The van der Waals surface area contributed by atoms with E-state index in [9.17, 15) is 14.4 Å². The molecule has 0 aliphatic carbocycles. The predicted octanol–water partition coefficient (Wildman–Crippen LogP) is 0.0989. The summed E-state index contributed by atoms with van der Waals surface area (Å²) < 4.78 is 4.55. The first-order valence-corrected chi connectivity index (χ1v) is 5.95. The summed E-state index contributed by atoms with van der Waals surface area (Å²) in [5.74, 6) is -1.01. The zero-order valence-electron chi connectivity index (χ0n) is 9.80. The van der Waals surface area contributed by atoms with Crippen LogP contribution in [0.4, 0.5) is 5.13 Å². The lowest BCUT2D eigenvalue weighted by Gasteiger charge is -2.09. The van der Waals surface area contributed by atoms with Gasteiger partial charge in [-0.2, -0.15) is 0 Å². The number of hydrogen-bond donors (Lipinski definition) is 1. The molecule has 0 saturated carbocycles. The fraction of sp³-hybridized carbons (Fsp3) is 0.400. The lowest BCUT2D eigenvalue weighted by molar-refractivity contribution is -0.136. The van der Waals surface area contributed by atoms with Crippen LogP contribution in [0.1, 0.15) is 16.1 Å². The van der Waals surface area contributed by atoms with Gasteiger partial charge in [0.2, 0.25) is 5.91 Å². The van der Waals surface area contributed by atoms with E-state index in [1.54, 1.807) is 0 Å². The molecule has 1 aromatic rings. The molecular formula is C10H11N3O4S. The highest BCUT2D eigenvalue weighted by Gasteiger charge is 2.36. The van der Waals surface area contributed by atoms with Crippen molar-refractivity contribution in [1.29, 1.82) is 0 Å². The van der Waals surface area contributed by atoms with Crippen LogP contribution in [0, 0.1) is 0 Å². The average Bonchev–Trinajstić information content (AvgIpc) is 2.91. The first-order valence-electron chi connectivity index (χ1n) is 5.14. The van der Waals surface area contributed by atoms with Crippen molar-refractivity contribution in [2.75, 3.05) is 19.5 Å². The Kier molecular flexibility index (Phi) is 3.28. The Morgan fingerprint density at radius 1 is 1.61 bits per heavy atom. The summed E-state index contributed by atoms with van der Waals surface area (Å²) in [6, 6.07) is -0.612. The fourth-order valence-corrected chi connectivity index (χ4v) is 2.34. The number of carbonyl (C=O) groups is 3. The first kappa shape index (κ1) is 12.5. The molecular weight excluding hydrogens is 258 g/mol. The van der Waals surface area contributed by atoms with Crippen molar-refractivity contribution in [2.45, 2.75) is 12.5 Å². The Morgan fingerprint density at radius 3 is 2.89 bits per heavy atom. The van der Waals surface area contributed by atoms with Gasteiger partial charge >= 0.3 is 5.97 Å². The van der Waals surface area contributed by atoms with Gasteiger partial charge in [-0.15, -0.1) is 0 Å². The molecule has 0 spiro atoms. The molecule has 1 saturated heterocycles. The van der Waals surface area contributed by atoms with E-state index >= 15 is 0 Å². The van der Waals surface area contributed by atoms with Gasteiger partial charge in [-0.3, -0.25) is 14.5 Å². The summed E-state index contributed by atoms with van der Waals surface area (Å²) in [6.07, 6.45) is 1.46. The van der Waals surface area contributed by atoms with Crippen LogP contribution < -0.4 is 5.32 Å². The summed E-state index contributed by atoms with van der Waals surface area (Å²) in [6.45, 7) is 0. The van der Waals surface area contributed by atoms with Gasteiger partial charge in [-0.1, -0.05) is 11.3 Å². The molecule has 18 heavy (non-hydrogen) atoms. The minimum absolute atomic E-state index is 0.0997. The Hall–Kier alpha value is -1.96. The number of likely N-dealkylation sites (tertiary alicyclic amines) is 1. The maximum Gasteiger partial charge on any atom is 0.349 e. The molecule has 96 valence electrons. The lowest BCUT2D eigenvalue weighted by atomic mass is 10.2. The van der Waals surface area contributed by atoms with Crippen LogP contribution in [-0.2, 0) is 14.3 Å². The number of aromatic nitrogens is 1. The van der Waals surface area contributed by atoms with Gasteiger partial charge in [0.05, 0.1) is 19.7 Å². The zero-order chi connectivity index (χ0) is 13.3. The SMILES string of the molecule is COC(=O)c1cnc(NC2CC(=O)N(C)C2=O)s1.